The summed E-state index contributed by atoms with van der Waals surface area (Å²) in [6.45, 7) is 6.19. The van der Waals surface area contributed by atoms with Gasteiger partial charge in [0.2, 0.25) is 10.0 Å². The van der Waals surface area contributed by atoms with Crippen molar-refractivity contribution in [1.29, 1.82) is 0 Å². The molecule has 0 amide bonds. The zero-order valence-corrected chi connectivity index (χ0v) is 25.2. The van der Waals surface area contributed by atoms with E-state index in [0.29, 0.717) is 17.0 Å². The van der Waals surface area contributed by atoms with Crippen molar-refractivity contribution in [2.75, 3.05) is 27.2 Å². The molecular formula is C32H40N2O6S. The summed E-state index contributed by atoms with van der Waals surface area (Å²) in [6.07, 6.45) is 2.10. The van der Waals surface area contributed by atoms with Crippen LogP contribution in [0.3, 0.4) is 0 Å². The van der Waals surface area contributed by atoms with Crippen LogP contribution in [-0.4, -0.2) is 67.8 Å². The molecule has 3 aromatic carbocycles. The Kier molecular flexibility index (Phi) is 9.23. The van der Waals surface area contributed by atoms with Crippen molar-refractivity contribution < 1.29 is 28.2 Å². The molecule has 41 heavy (non-hydrogen) atoms. The van der Waals surface area contributed by atoms with Gasteiger partial charge in [0.25, 0.3) is 0 Å². The van der Waals surface area contributed by atoms with Crippen molar-refractivity contribution in [3.05, 3.63) is 82.9 Å². The van der Waals surface area contributed by atoms with Gasteiger partial charge >= 0.3 is 5.97 Å². The first-order valence-electron chi connectivity index (χ1n) is 13.8. The lowest BCUT2D eigenvalue weighted by Crippen LogP contribution is -2.47. The van der Waals surface area contributed by atoms with Crippen LogP contribution in [0.1, 0.15) is 47.3 Å². The average Bonchev–Trinajstić information content (AvgIpc) is 3.33. The first-order valence-corrected chi connectivity index (χ1v) is 15.2. The molecule has 0 radical (unpaired) electrons. The largest absolute Gasteiger partial charge is 0.495 e. The quantitative estimate of drug-likeness (QED) is 0.288. The summed E-state index contributed by atoms with van der Waals surface area (Å²) in [5.41, 5.74) is 4.67. The van der Waals surface area contributed by atoms with Crippen molar-refractivity contribution >= 4 is 16.0 Å². The van der Waals surface area contributed by atoms with E-state index in [0.717, 1.165) is 29.1 Å². The lowest BCUT2D eigenvalue weighted by atomic mass is 9.88. The van der Waals surface area contributed by atoms with Gasteiger partial charge in [0, 0.05) is 25.7 Å². The van der Waals surface area contributed by atoms with E-state index < -0.39 is 22.1 Å². The highest BCUT2D eigenvalue weighted by Gasteiger charge is 2.30. The van der Waals surface area contributed by atoms with Crippen molar-refractivity contribution in [2.24, 2.45) is 5.92 Å². The SMILES string of the molecule is COc1ccc(-c2cc(C(=O)O)ccc2C)cc1S(=O)(=O)N(C)C[C@H](O)CNC(C)(C)CC1Cc2ccccc2C1. The van der Waals surface area contributed by atoms with Gasteiger partial charge in [-0.15, -0.1) is 0 Å². The molecule has 0 fully saturated rings. The number of β-amino-alcohol motifs (C(OH)–C–C–N with tert-alkyl or cyclic N) is 1. The predicted molar refractivity (Wildman–Crippen MR) is 160 cm³/mol. The molecule has 9 heteroatoms. The van der Waals surface area contributed by atoms with E-state index in [4.69, 9.17) is 4.74 Å². The first-order chi connectivity index (χ1) is 19.3. The Morgan fingerprint density at radius 3 is 2.37 bits per heavy atom. The van der Waals surface area contributed by atoms with Crippen LogP contribution < -0.4 is 10.1 Å². The number of benzene rings is 3. The molecule has 8 nitrogen and oxygen atoms in total. The van der Waals surface area contributed by atoms with Gasteiger partial charge in [-0.25, -0.2) is 13.2 Å². The minimum Gasteiger partial charge on any atom is -0.495 e. The molecule has 0 aromatic heterocycles. The maximum Gasteiger partial charge on any atom is 0.335 e. The Labute approximate surface area is 243 Å². The molecule has 0 heterocycles. The number of nitrogens with zero attached hydrogens (tertiary/aromatic N) is 1. The Hall–Kier alpha value is -3.24. The van der Waals surface area contributed by atoms with Crippen molar-refractivity contribution in [3.8, 4) is 16.9 Å². The number of aromatic carboxylic acids is 1. The van der Waals surface area contributed by atoms with Gasteiger partial charge in [0.1, 0.15) is 10.6 Å². The van der Waals surface area contributed by atoms with Crippen LogP contribution >= 0.6 is 0 Å². The van der Waals surface area contributed by atoms with E-state index in [9.17, 15) is 23.4 Å². The number of ether oxygens (including phenoxy) is 1. The summed E-state index contributed by atoms with van der Waals surface area (Å²) >= 11 is 0. The standard InChI is InChI=1S/C32H40N2O6S/c1-21-10-11-26(31(36)37)16-28(21)25-12-13-29(40-5)30(17-25)41(38,39)34(4)20-27(35)19-33-32(2,3)18-22-14-23-8-6-7-9-24(23)15-22/h6-13,16-17,22,27,33,35H,14-15,18-20H2,1-5H3,(H,36,37)/t27-/m1/s1. The lowest BCUT2D eigenvalue weighted by Gasteiger charge is -2.31. The van der Waals surface area contributed by atoms with Crippen molar-refractivity contribution in [3.63, 3.8) is 0 Å². The van der Waals surface area contributed by atoms with Gasteiger partial charge in [-0.05, 0) is 98.0 Å². The Bertz CT molecular complexity index is 1490. The number of hydrogen-bond donors (Lipinski definition) is 3. The highest BCUT2D eigenvalue weighted by molar-refractivity contribution is 7.89. The van der Waals surface area contributed by atoms with Crippen LogP contribution in [0.15, 0.2) is 65.6 Å². The highest BCUT2D eigenvalue weighted by atomic mass is 32.2. The number of methoxy groups -OCH3 is 1. The second-order valence-electron chi connectivity index (χ2n) is 11.7. The van der Waals surface area contributed by atoms with E-state index in [1.165, 1.54) is 43.5 Å². The normalized spacial score (nSPS) is 14.7. The minimum absolute atomic E-state index is 0.0542. The number of hydrogen-bond acceptors (Lipinski definition) is 6. The molecule has 4 rings (SSSR count). The van der Waals surface area contributed by atoms with Crippen LogP contribution in [0.5, 0.6) is 5.75 Å². The fourth-order valence-electron chi connectivity index (χ4n) is 5.72. The molecule has 1 atom stereocenters. The molecule has 0 saturated heterocycles. The summed E-state index contributed by atoms with van der Waals surface area (Å²) in [6, 6.07) is 18.0. The number of carboxylic acid groups (broad SMARTS) is 1. The van der Waals surface area contributed by atoms with E-state index in [1.54, 1.807) is 18.2 Å². The topological polar surface area (TPSA) is 116 Å². The zero-order valence-electron chi connectivity index (χ0n) is 24.3. The highest BCUT2D eigenvalue weighted by Crippen LogP contribution is 2.34. The van der Waals surface area contributed by atoms with E-state index in [-0.39, 0.29) is 34.8 Å². The summed E-state index contributed by atoms with van der Waals surface area (Å²) < 4.78 is 33.8. The van der Waals surface area contributed by atoms with Gasteiger partial charge in [0.15, 0.2) is 0 Å². The molecular weight excluding hydrogens is 540 g/mol. The Morgan fingerprint density at radius 1 is 1.10 bits per heavy atom. The number of nitrogens with one attached hydrogen (secondary N) is 1. The number of fused-ring (bicyclic) bond motifs is 1. The zero-order chi connectivity index (χ0) is 29.9. The van der Waals surface area contributed by atoms with Crippen LogP contribution in [0, 0.1) is 12.8 Å². The number of rotatable bonds is 12. The summed E-state index contributed by atoms with van der Waals surface area (Å²) in [5.74, 6) is -0.375. The Morgan fingerprint density at radius 2 is 1.76 bits per heavy atom. The molecule has 0 saturated carbocycles. The first kappa shape index (κ1) is 30.7. The Balaban J connectivity index is 1.43. The second-order valence-corrected chi connectivity index (χ2v) is 13.7. The fraction of sp³-hybridized carbons (Fsp3) is 0.406. The number of carbonyl (C=O) groups is 1. The summed E-state index contributed by atoms with van der Waals surface area (Å²) in [7, 11) is -1.22. The van der Waals surface area contributed by atoms with Gasteiger partial charge in [-0.1, -0.05) is 36.4 Å². The molecule has 220 valence electrons. The van der Waals surface area contributed by atoms with E-state index >= 15 is 0 Å². The van der Waals surface area contributed by atoms with Gasteiger partial charge < -0.3 is 20.3 Å². The molecule has 3 N–H and O–H groups in total. The van der Waals surface area contributed by atoms with Crippen LogP contribution in [0.4, 0.5) is 0 Å². The third-order valence-corrected chi connectivity index (χ3v) is 9.71. The number of likely N-dealkylation sites (N-methyl/N-ethyl adjacent to an activating group) is 1. The minimum atomic E-state index is -4.05. The molecule has 0 bridgehead atoms. The number of carboxylic acids is 1. The summed E-state index contributed by atoms with van der Waals surface area (Å²) in [4.78, 5) is 11.5. The molecule has 0 aliphatic heterocycles. The smallest absolute Gasteiger partial charge is 0.335 e. The van der Waals surface area contributed by atoms with E-state index in [2.05, 4.69) is 43.4 Å². The molecule has 3 aromatic rings. The second kappa shape index (κ2) is 12.3. The molecule has 1 aliphatic carbocycles. The number of aliphatic hydroxyl groups excluding tert-OH is 1. The van der Waals surface area contributed by atoms with Crippen molar-refractivity contribution in [2.45, 2.75) is 56.6 Å². The monoisotopic (exact) mass is 580 g/mol. The number of sulfonamides is 1. The van der Waals surface area contributed by atoms with Gasteiger partial charge in [-0.2, -0.15) is 4.31 Å². The van der Waals surface area contributed by atoms with Gasteiger partial charge in [0.05, 0.1) is 18.8 Å². The fourth-order valence-corrected chi connectivity index (χ4v) is 7.11. The van der Waals surface area contributed by atoms with Crippen LogP contribution in [-0.2, 0) is 22.9 Å². The van der Waals surface area contributed by atoms with Crippen LogP contribution in [0.25, 0.3) is 11.1 Å². The average molecular weight is 581 g/mol. The van der Waals surface area contributed by atoms with Crippen molar-refractivity contribution in [1.82, 2.24) is 9.62 Å². The predicted octanol–water partition coefficient (Wildman–Crippen LogP) is 4.52. The molecule has 0 spiro atoms. The maximum atomic E-state index is 13.7. The summed E-state index contributed by atoms with van der Waals surface area (Å²) in [5, 5.41) is 23.7. The third kappa shape index (κ3) is 7.16. The maximum absolute atomic E-state index is 13.7. The lowest BCUT2D eigenvalue weighted by molar-refractivity contribution is 0.0697. The number of aryl methyl sites for hydroxylation is 1. The molecule has 1 aliphatic rings. The van der Waals surface area contributed by atoms with Gasteiger partial charge in [-0.3, -0.25) is 0 Å². The van der Waals surface area contributed by atoms with Crippen LogP contribution in [0.2, 0.25) is 0 Å². The molecule has 0 unspecified atom stereocenters. The number of aliphatic hydroxyl groups is 1. The third-order valence-electron chi connectivity index (χ3n) is 7.87. The van der Waals surface area contributed by atoms with E-state index in [1.807, 2.05) is 6.92 Å².